The molecule has 0 N–H and O–H groups in total. The fourth-order valence-electron chi connectivity index (χ4n) is 4.11. The molecule has 2 heterocycles. The topological polar surface area (TPSA) is 88.4 Å². The number of hydrogen-bond donors (Lipinski definition) is 0. The third kappa shape index (κ3) is 4.79. The summed E-state index contributed by atoms with van der Waals surface area (Å²) >= 11 is 1.27. The number of carbonyl (C=O) groups excluding carboxylic acids is 1. The Balaban J connectivity index is 1.91. The number of carbonyl (C=O) groups is 1. The Morgan fingerprint density at radius 3 is 2.42 bits per heavy atom. The first-order valence-electron chi connectivity index (χ1n) is 11.6. The van der Waals surface area contributed by atoms with Gasteiger partial charge in [-0.2, -0.15) is 0 Å². The number of fused-ring (bicyclic) bond motifs is 1. The van der Waals surface area contributed by atoms with Gasteiger partial charge in [-0.1, -0.05) is 29.5 Å². The smallest absolute Gasteiger partial charge is 0.338 e. The predicted molar refractivity (Wildman–Crippen MR) is 138 cm³/mol. The van der Waals surface area contributed by atoms with E-state index in [0.29, 0.717) is 44.3 Å². The van der Waals surface area contributed by atoms with Crippen molar-refractivity contribution in [2.75, 3.05) is 27.4 Å². The minimum Gasteiger partial charge on any atom is -0.494 e. The van der Waals surface area contributed by atoms with Crippen LogP contribution < -0.4 is 29.1 Å². The standard InChI is InChI=1S/C27H28N2O6S/c1-6-34-19-11-8-17(9-12-19)14-22-25(30)29-24(18-10-13-20(32-4)21(15-18)33-5)23(26(31)35-7-2)16(3)28-27(29)36-22/h8-15,24H,6-7H2,1-5H3/b22-14+/t24-/m0/s1. The van der Waals surface area contributed by atoms with Gasteiger partial charge in [0.25, 0.3) is 5.56 Å². The Bertz CT molecular complexity index is 1480. The second-order valence-corrected chi connectivity index (χ2v) is 8.93. The van der Waals surface area contributed by atoms with Crippen LogP contribution in [0.15, 0.2) is 63.5 Å². The fraction of sp³-hybridized carbons (Fsp3) is 0.296. The predicted octanol–water partition coefficient (Wildman–Crippen LogP) is 3.21. The summed E-state index contributed by atoms with van der Waals surface area (Å²) in [6.45, 7) is 6.21. The lowest BCUT2D eigenvalue weighted by Crippen LogP contribution is -2.39. The molecule has 0 radical (unpaired) electrons. The van der Waals surface area contributed by atoms with Gasteiger partial charge in [-0.15, -0.1) is 0 Å². The fourth-order valence-corrected chi connectivity index (χ4v) is 5.15. The van der Waals surface area contributed by atoms with E-state index in [-0.39, 0.29) is 12.2 Å². The molecule has 2 aromatic carbocycles. The molecular formula is C27H28N2O6S. The number of esters is 1. The Morgan fingerprint density at radius 2 is 1.78 bits per heavy atom. The largest absolute Gasteiger partial charge is 0.494 e. The molecule has 4 rings (SSSR count). The molecule has 0 unspecified atom stereocenters. The van der Waals surface area contributed by atoms with E-state index in [0.717, 1.165) is 11.3 Å². The average molecular weight is 509 g/mol. The summed E-state index contributed by atoms with van der Waals surface area (Å²) in [6.07, 6.45) is 1.81. The highest BCUT2D eigenvalue weighted by atomic mass is 32.1. The quantitative estimate of drug-likeness (QED) is 0.434. The molecular weight excluding hydrogens is 480 g/mol. The summed E-state index contributed by atoms with van der Waals surface area (Å²) in [5.41, 5.74) is 2.10. The first-order chi connectivity index (χ1) is 17.4. The molecule has 188 valence electrons. The molecule has 1 aromatic heterocycles. The molecule has 0 saturated carbocycles. The van der Waals surface area contributed by atoms with E-state index in [1.807, 2.05) is 43.3 Å². The number of nitrogens with zero attached hydrogens (tertiary/aromatic N) is 2. The number of methoxy groups -OCH3 is 2. The van der Waals surface area contributed by atoms with E-state index in [1.54, 1.807) is 37.7 Å². The van der Waals surface area contributed by atoms with Crippen molar-refractivity contribution in [1.82, 2.24) is 4.57 Å². The van der Waals surface area contributed by atoms with Crippen molar-refractivity contribution in [3.8, 4) is 17.2 Å². The third-order valence-electron chi connectivity index (χ3n) is 5.73. The van der Waals surface area contributed by atoms with Crippen LogP contribution in [0.2, 0.25) is 0 Å². The molecule has 9 heteroatoms. The van der Waals surface area contributed by atoms with E-state index >= 15 is 0 Å². The van der Waals surface area contributed by atoms with E-state index in [1.165, 1.54) is 18.4 Å². The van der Waals surface area contributed by atoms with Gasteiger partial charge in [-0.25, -0.2) is 9.79 Å². The first kappa shape index (κ1) is 25.2. The maximum Gasteiger partial charge on any atom is 0.338 e. The van der Waals surface area contributed by atoms with Crippen molar-refractivity contribution in [2.24, 2.45) is 4.99 Å². The zero-order valence-electron chi connectivity index (χ0n) is 20.9. The highest BCUT2D eigenvalue weighted by Gasteiger charge is 2.33. The van der Waals surface area contributed by atoms with Crippen molar-refractivity contribution in [3.63, 3.8) is 0 Å². The zero-order chi connectivity index (χ0) is 25.8. The maximum absolute atomic E-state index is 13.7. The highest BCUT2D eigenvalue weighted by molar-refractivity contribution is 7.07. The number of hydrogen-bond acceptors (Lipinski definition) is 8. The molecule has 1 aliphatic rings. The van der Waals surface area contributed by atoms with Crippen LogP contribution in [0.5, 0.6) is 17.2 Å². The van der Waals surface area contributed by atoms with Crippen molar-refractivity contribution < 1.29 is 23.7 Å². The molecule has 0 bridgehead atoms. The van der Waals surface area contributed by atoms with Crippen molar-refractivity contribution >= 4 is 23.4 Å². The summed E-state index contributed by atoms with van der Waals surface area (Å²) in [6, 6.07) is 12.1. The van der Waals surface area contributed by atoms with Gasteiger partial charge in [0, 0.05) is 0 Å². The van der Waals surface area contributed by atoms with Crippen LogP contribution >= 0.6 is 11.3 Å². The van der Waals surface area contributed by atoms with E-state index in [4.69, 9.17) is 18.9 Å². The minimum atomic E-state index is -0.734. The minimum absolute atomic E-state index is 0.205. The number of ether oxygens (including phenoxy) is 4. The summed E-state index contributed by atoms with van der Waals surface area (Å²) in [7, 11) is 3.09. The van der Waals surface area contributed by atoms with E-state index in [2.05, 4.69) is 4.99 Å². The average Bonchev–Trinajstić information content (AvgIpc) is 3.18. The summed E-state index contributed by atoms with van der Waals surface area (Å²) in [4.78, 5) is 31.9. The van der Waals surface area contributed by atoms with Gasteiger partial charge in [0.1, 0.15) is 5.75 Å². The first-order valence-corrected chi connectivity index (χ1v) is 12.4. The van der Waals surface area contributed by atoms with Gasteiger partial charge in [-0.05, 0) is 62.2 Å². The molecule has 36 heavy (non-hydrogen) atoms. The van der Waals surface area contributed by atoms with Crippen LogP contribution in [-0.2, 0) is 9.53 Å². The molecule has 0 saturated heterocycles. The molecule has 8 nitrogen and oxygen atoms in total. The van der Waals surface area contributed by atoms with E-state index in [9.17, 15) is 9.59 Å². The second-order valence-electron chi connectivity index (χ2n) is 7.92. The molecule has 3 aromatic rings. The lowest BCUT2D eigenvalue weighted by molar-refractivity contribution is -0.139. The monoisotopic (exact) mass is 508 g/mol. The Morgan fingerprint density at radius 1 is 1.06 bits per heavy atom. The van der Waals surface area contributed by atoms with Crippen molar-refractivity contribution in [1.29, 1.82) is 0 Å². The van der Waals surface area contributed by atoms with Crippen LogP contribution in [0.25, 0.3) is 6.08 Å². The second kappa shape index (κ2) is 10.8. The molecule has 0 amide bonds. The Kier molecular flexibility index (Phi) is 7.59. The zero-order valence-corrected chi connectivity index (χ0v) is 21.7. The highest BCUT2D eigenvalue weighted by Crippen LogP contribution is 2.36. The van der Waals surface area contributed by atoms with Crippen LogP contribution in [0.4, 0.5) is 0 Å². The van der Waals surface area contributed by atoms with Gasteiger partial charge in [0.15, 0.2) is 16.3 Å². The molecule has 1 atom stereocenters. The van der Waals surface area contributed by atoms with Gasteiger partial charge >= 0.3 is 5.97 Å². The Hall–Kier alpha value is -3.85. The normalized spacial score (nSPS) is 15.2. The van der Waals surface area contributed by atoms with E-state index < -0.39 is 12.0 Å². The molecule has 0 aliphatic carbocycles. The number of allylic oxidation sites excluding steroid dienone is 1. The summed E-state index contributed by atoms with van der Waals surface area (Å²) in [5, 5.41) is 0. The van der Waals surface area contributed by atoms with Crippen LogP contribution in [-0.4, -0.2) is 38.0 Å². The lowest BCUT2D eigenvalue weighted by atomic mass is 9.95. The lowest BCUT2D eigenvalue weighted by Gasteiger charge is -2.25. The summed E-state index contributed by atoms with van der Waals surface area (Å²) in [5.74, 6) is 1.28. The molecule has 1 aliphatic heterocycles. The maximum atomic E-state index is 13.7. The number of thiazole rings is 1. The molecule has 0 spiro atoms. The van der Waals surface area contributed by atoms with Crippen molar-refractivity contribution in [3.05, 3.63) is 84.5 Å². The van der Waals surface area contributed by atoms with Crippen molar-refractivity contribution in [2.45, 2.75) is 26.8 Å². The third-order valence-corrected chi connectivity index (χ3v) is 6.71. The number of aromatic nitrogens is 1. The number of rotatable bonds is 8. The van der Waals surface area contributed by atoms with Gasteiger partial charge in [-0.3, -0.25) is 9.36 Å². The van der Waals surface area contributed by atoms with Crippen LogP contribution in [0.3, 0.4) is 0 Å². The molecule has 0 fully saturated rings. The Labute approximate surface area is 212 Å². The number of benzene rings is 2. The SMILES string of the molecule is CCOC(=O)C1=C(C)N=c2s/c(=C/c3ccc(OCC)cc3)c(=O)n2[C@H]1c1ccc(OC)c(OC)c1. The van der Waals surface area contributed by atoms with Crippen LogP contribution in [0, 0.1) is 0 Å². The van der Waals surface area contributed by atoms with Gasteiger partial charge in [0.2, 0.25) is 0 Å². The van der Waals surface area contributed by atoms with Crippen LogP contribution in [0.1, 0.15) is 37.9 Å². The van der Waals surface area contributed by atoms with Gasteiger partial charge in [0.05, 0.1) is 49.3 Å². The summed E-state index contributed by atoms with van der Waals surface area (Å²) < 4.78 is 23.8. The van der Waals surface area contributed by atoms with Gasteiger partial charge < -0.3 is 18.9 Å².